The van der Waals surface area contributed by atoms with Gasteiger partial charge in [-0.25, -0.2) is 0 Å². The second-order valence-corrected chi connectivity index (χ2v) is 4.72. The van der Waals surface area contributed by atoms with Crippen molar-refractivity contribution < 1.29 is 14.2 Å². The van der Waals surface area contributed by atoms with E-state index in [1.165, 1.54) is 0 Å². The highest BCUT2D eigenvalue weighted by molar-refractivity contribution is 4.96. The zero-order valence-electron chi connectivity index (χ0n) is 10.9. The van der Waals surface area contributed by atoms with Crippen molar-refractivity contribution in [2.75, 3.05) is 34.0 Å². The van der Waals surface area contributed by atoms with Crippen LogP contribution in [0.3, 0.4) is 0 Å². The monoisotopic (exact) mass is 231 g/mol. The van der Waals surface area contributed by atoms with E-state index in [-0.39, 0.29) is 12.2 Å². The molecule has 0 aliphatic heterocycles. The van der Waals surface area contributed by atoms with Gasteiger partial charge in [0.25, 0.3) is 0 Å². The first-order valence-electron chi connectivity index (χ1n) is 6.08. The zero-order valence-corrected chi connectivity index (χ0v) is 10.9. The van der Waals surface area contributed by atoms with Crippen LogP contribution < -0.4 is 5.32 Å². The molecule has 0 amide bonds. The number of methoxy groups -OCH3 is 1. The van der Waals surface area contributed by atoms with Gasteiger partial charge in [0.05, 0.1) is 25.4 Å². The predicted molar refractivity (Wildman–Crippen MR) is 63.7 cm³/mol. The minimum atomic E-state index is 0.180. The fourth-order valence-corrected chi connectivity index (χ4v) is 1.83. The van der Waals surface area contributed by atoms with Crippen molar-refractivity contribution in [1.82, 2.24) is 5.32 Å². The Morgan fingerprint density at radius 2 is 2.00 bits per heavy atom. The number of likely N-dealkylation sites (N-methyl/N-ethyl adjacent to an activating group) is 1. The average molecular weight is 231 g/mol. The number of hydrogen-bond acceptors (Lipinski definition) is 4. The summed E-state index contributed by atoms with van der Waals surface area (Å²) in [7, 11) is 3.66. The van der Waals surface area contributed by atoms with E-state index in [1.807, 2.05) is 7.05 Å². The lowest BCUT2D eigenvalue weighted by molar-refractivity contribution is -0.154. The number of nitrogens with one attached hydrogen (secondary N) is 1. The van der Waals surface area contributed by atoms with Gasteiger partial charge in [-0.3, -0.25) is 0 Å². The molecule has 3 unspecified atom stereocenters. The molecule has 4 heteroatoms. The summed E-state index contributed by atoms with van der Waals surface area (Å²) < 4.78 is 16.5. The van der Waals surface area contributed by atoms with E-state index in [2.05, 4.69) is 19.2 Å². The van der Waals surface area contributed by atoms with E-state index in [4.69, 9.17) is 14.2 Å². The third kappa shape index (κ3) is 4.01. The molecule has 3 atom stereocenters. The summed E-state index contributed by atoms with van der Waals surface area (Å²) in [6.07, 6.45) is 1.47. The lowest BCUT2D eigenvalue weighted by Gasteiger charge is -2.44. The van der Waals surface area contributed by atoms with Crippen LogP contribution in [0.2, 0.25) is 0 Å². The maximum atomic E-state index is 5.81. The molecular weight excluding hydrogens is 206 g/mol. The Kier molecular flexibility index (Phi) is 6.28. The first-order valence-corrected chi connectivity index (χ1v) is 6.08. The Labute approximate surface area is 98.6 Å². The molecular formula is C12H25NO3. The van der Waals surface area contributed by atoms with Gasteiger partial charge in [-0.1, -0.05) is 13.8 Å². The highest BCUT2D eigenvalue weighted by Gasteiger charge is 2.41. The maximum absolute atomic E-state index is 5.81. The Balaban J connectivity index is 2.23. The first-order chi connectivity index (χ1) is 7.69. The molecule has 0 aromatic heterocycles. The molecule has 0 spiro atoms. The lowest BCUT2D eigenvalue weighted by Crippen LogP contribution is -2.59. The van der Waals surface area contributed by atoms with Crippen molar-refractivity contribution in [1.29, 1.82) is 0 Å². The molecule has 1 aliphatic rings. The number of rotatable bonds is 8. The molecule has 16 heavy (non-hydrogen) atoms. The van der Waals surface area contributed by atoms with Crippen LogP contribution >= 0.6 is 0 Å². The molecule has 1 aliphatic carbocycles. The van der Waals surface area contributed by atoms with Gasteiger partial charge in [-0.05, 0) is 19.4 Å². The van der Waals surface area contributed by atoms with Crippen molar-refractivity contribution in [2.24, 2.45) is 5.92 Å². The van der Waals surface area contributed by atoms with Gasteiger partial charge in [0.2, 0.25) is 0 Å². The van der Waals surface area contributed by atoms with Crippen LogP contribution in [0.1, 0.15) is 20.3 Å². The average Bonchev–Trinajstić information content (AvgIpc) is 2.23. The fraction of sp³-hybridized carbons (Fsp3) is 1.00. The quantitative estimate of drug-likeness (QED) is 0.634. The van der Waals surface area contributed by atoms with E-state index in [1.54, 1.807) is 7.11 Å². The minimum absolute atomic E-state index is 0.180. The summed E-state index contributed by atoms with van der Waals surface area (Å²) in [5, 5.41) is 3.25. The topological polar surface area (TPSA) is 39.7 Å². The second-order valence-electron chi connectivity index (χ2n) is 4.72. The van der Waals surface area contributed by atoms with Gasteiger partial charge in [-0.2, -0.15) is 0 Å². The molecule has 4 nitrogen and oxygen atoms in total. The van der Waals surface area contributed by atoms with Crippen LogP contribution in [-0.2, 0) is 14.2 Å². The van der Waals surface area contributed by atoms with Crippen LogP contribution in [0.4, 0.5) is 0 Å². The third-order valence-corrected chi connectivity index (χ3v) is 2.86. The van der Waals surface area contributed by atoms with Crippen molar-refractivity contribution in [2.45, 2.75) is 38.5 Å². The molecule has 0 aromatic carbocycles. The molecule has 0 radical (unpaired) electrons. The summed E-state index contributed by atoms with van der Waals surface area (Å²) in [5.41, 5.74) is 0. The largest absolute Gasteiger partial charge is 0.382 e. The molecule has 96 valence electrons. The van der Waals surface area contributed by atoms with Gasteiger partial charge in [0.1, 0.15) is 0 Å². The van der Waals surface area contributed by atoms with Crippen LogP contribution in [-0.4, -0.2) is 52.2 Å². The van der Waals surface area contributed by atoms with Crippen molar-refractivity contribution in [3.8, 4) is 0 Å². The van der Waals surface area contributed by atoms with Crippen LogP contribution in [0.5, 0.6) is 0 Å². The molecule has 1 rings (SSSR count). The van der Waals surface area contributed by atoms with Crippen LogP contribution in [0, 0.1) is 5.92 Å². The summed E-state index contributed by atoms with van der Waals surface area (Å²) >= 11 is 0. The van der Waals surface area contributed by atoms with E-state index in [0.717, 1.165) is 13.0 Å². The highest BCUT2D eigenvalue weighted by atomic mass is 16.6. The van der Waals surface area contributed by atoms with Gasteiger partial charge in [0, 0.05) is 19.8 Å². The standard InChI is InChI=1S/C12H25NO3/c1-9(2)8-16-11-7-10(13-3)12(11)15-6-5-14-4/h9-13H,5-8H2,1-4H3. The summed E-state index contributed by atoms with van der Waals surface area (Å²) in [6, 6.07) is 0.425. The SMILES string of the molecule is CNC1CC(OCC(C)C)C1OCCOC. The summed E-state index contributed by atoms with van der Waals surface area (Å²) in [6.45, 7) is 6.42. The summed E-state index contributed by atoms with van der Waals surface area (Å²) in [4.78, 5) is 0. The Hall–Kier alpha value is -0.160. The Morgan fingerprint density at radius 1 is 1.25 bits per heavy atom. The predicted octanol–water partition coefficient (Wildman–Crippen LogP) is 1.05. The normalized spacial score (nSPS) is 29.4. The smallest absolute Gasteiger partial charge is 0.0991 e. The first kappa shape index (κ1) is 13.9. The van der Waals surface area contributed by atoms with E-state index in [0.29, 0.717) is 25.2 Å². The molecule has 0 aromatic rings. The second kappa shape index (κ2) is 7.22. The van der Waals surface area contributed by atoms with Gasteiger partial charge in [-0.15, -0.1) is 0 Å². The molecule has 0 bridgehead atoms. The summed E-state index contributed by atoms with van der Waals surface area (Å²) in [5.74, 6) is 0.577. The zero-order chi connectivity index (χ0) is 12.0. The lowest BCUT2D eigenvalue weighted by atomic mass is 9.85. The molecule has 0 heterocycles. The van der Waals surface area contributed by atoms with Crippen LogP contribution in [0.25, 0.3) is 0 Å². The molecule has 0 saturated heterocycles. The van der Waals surface area contributed by atoms with Gasteiger partial charge >= 0.3 is 0 Å². The fourth-order valence-electron chi connectivity index (χ4n) is 1.83. The third-order valence-electron chi connectivity index (χ3n) is 2.86. The van der Waals surface area contributed by atoms with Crippen molar-refractivity contribution in [3.63, 3.8) is 0 Å². The molecule has 1 saturated carbocycles. The van der Waals surface area contributed by atoms with Crippen molar-refractivity contribution >= 4 is 0 Å². The van der Waals surface area contributed by atoms with Gasteiger partial charge < -0.3 is 19.5 Å². The Bertz CT molecular complexity index is 187. The van der Waals surface area contributed by atoms with Gasteiger partial charge in [0.15, 0.2) is 0 Å². The van der Waals surface area contributed by atoms with E-state index >= 15 is 0 Å². The minimum Gasteiger partial charge on any atom is -0.382 e. The molecule has 1 N–H and O–H groups in total. The van der Waals surface area contributed by atoms with Crippen molar-refractivity contribution in [3.05, 3.63) is 0 Å². The van der Waals surface area contributed by atoms with E-state index in [9.17, 15) is 0 Å². The van der Waals surface area contributed by atoms with E-state index < -0.39 is 0 Å². The Morgan fingerprint density at radius 3 is 2.56 bits per heavy atom. The highest BCUT2D eigenvalue weighted by Crippen LogP contribution is 2.27. The number of ether oxygens (including phenoxy) is 3. The van der Waals surface area contributed by atoms with Crippen LogP contribution in [0.15, 0.2) is 0 Å². The maximum Gasteiger partial charge on any atom is 0.0991 e. The molecule has 1 fully saturated rings. The number of hydrogen-bond donors (Lipinski definition) is 1.